The predicted molar refractivity (Wildman–Crippen MR) is 65.6 cm³/mol. The zero-order valence-electron chi connectivity index (χ0n) is 10.2. The highest BCUT2D eigenvalue weighted by Crippen LogP contribution is 2.25. The van der Waals surface area contributed by atoms with Gasteiger partial charge in [-0.2, -0.15) is 0 Å². The first-order valence-electron chi connectivity index (χ1n) is 5.98. The number of methoxy groups -OCH3 is 1. The molecule has 0 atom stereocenters. The van der Waals surface area contributed by atoms with Crippen LogP contribution in [0.3, 0.4) is 0 Å². The van der Waals surface area contributed by atoms with Crippen molar-refractivity contribution in [3.05, 3.63) is 29.3 Å². The number of hydrogen-bond donors (Lipinski definition) is 0. The highest BCUT2D eigenvalue weighted by Gasteiger charge is 2.07. The van der Waals surface area contributed by atoms with Crippen molar-refractivity contribution < 1.29 is 4.74 Å². The Morgan fingerprint density at radius 1 is 1.07 bits per heavy atom. The van der Waals surface area contributed by atoms with E-state index >= 15 is 0 Å². The average Bonchev–Trinajstić information content (AvgIpc) is 2.28. The maximum atomic E-state index is 5.42. The highest BCUT2D eigenvalue weighted by atomic mass is 16.5. The van der Waals surface area contributed by atoms with Crippen LogP contribution >= 0.6 is 0 Å². The van der Waals surface area contributed by atoms with Gasteiger partial charge in [-0.25, -0.2) is 0 Å². The lowest BCUT2D eigenvalue weighted by Crippen LogP contribution is -1.98. The van der Waals surface area contributed by atoms with Crippen molar-refractivity contribution in [2.45, 2.75) is 46.0 Å². The predicted octanol–water partition coefficient (Wildman–Crippen LogP) is 3.99. The molecule has 1 heteroatoms. The number of rotatable bonds is 6. The van der Waals surface area contributed by atoms with E-state index in [0.29, 0.717) is 0 Å². The summed E-state index contributed by atoms with van der Waals surface area (Å²) in [6.45, 7) is 4.45. The molecule has 0 radical (unpaired) electrons. The Bertz CT molecular complexity index is 291. The minimum atomic E-state index is 1.06. The standard InChI is InChI=1S/C14H22O/c1-4-6-9-12-10-7-11-14(15-3)13(12)8-5-2/h7,10-11H,4-6,8-9H2,1-3H3. The highest BCUT2D eigenvalue weighted by molar-refractivity contribution is 5.40. The number of aryl methyl sites for hydroxylation is 1. The van der Waals surface area contributed by atoms with Crippen LogP contribution in [0.15, 0.2) is 18.2 Å². The van der Waals surface area contributed by atoms with Gasteiger partial charge in [-0.3, -0.25) is 0 Å². The molecule has 1 aromatic carbocycles. The summed E-state index contributed by atoms with van der Waals surface area (Å²) in [5.74, 6) is 1.06. The Kier molecular flexibility index (Phi) is 5.23. The second-order valence-electron chi connectivity index (χ2n) is 3.95. The van der Waals surface area contributed by atoms with Crippen LogP contribution in [-0.4, -0.2) is 7.11 Å². The smallest absolute Gasteiger partial charge is 0.122 e. The van der Waals surface area contributed by atoms with E-state index in [4.69, 9.17) is 4.74 Å². The molecule has 0 amide bonds. The molecule has 15 heavy (non-hydrogen) atoms. The molecule has 0 N–H and O–H groups in total. The first-order valence-corrected chi connectivity index (χ1v) is 5.98. The van der Waals surface area contributed by atoms with Gasteiger partial charge in [-0.1, -0.05) is 38.8 Å². The minimum absolute atomic E-state index is 1.06. The summed E-state index contributed by atoms with van der Waals surface area (Å²) in [7, 11) is 1.76. The molecule has 0 bridgehead atoms. The summed E-state index contributed by atoms with van der Waals surface area (Å²) < 4.78 is 5.42. The van der Waals surface area contributed by atoms with Crippen molar-refractivity contribution in [3.8, 4) is 5.75 Å². The van der Waals surface area contributed by atoms with Gasteiger partial charge in [0, 0.05) is 0 Å². The molecule has 1 aromatic rings. The summed E-state index contributed by atoms with van der Waals surface area (Å²) in [6, 6.07) is 6.41. The Labute approximate surface area is 93.5 Å². The van der Waals surface area contributed by atoms with Crippen molar-refractivity contribution >= 4 is 0 Å². The molecule has 0 heterocycles. The molecule has 0 spiro atoms. The van der Waals surface area contributed by atoms with Crippen LogP contribution in [0.1, 0.15) is 44.2 Å². The van der Waals surface area contributed by atoms with E-state index < -0.39 is 0 Å². The molecule has 0 saturated heterocycles. The van der Waals surface area contributed by atoms with Gasteiger partial charge in [-0.15, -0.1) is 0 Å². The van der Waals surface area contributed by atoms with Gasteiger partial charge in [-0.05, 0) is 36.5 Å². The zero-order chi connectivity index (χ0) is 11.1. The van der Waals surface area contributed by atoms with Crippen molar-refractivity contribution in [3.63, 3.8) is 0 Å². The van der Waals surface area contributed by atoms with E-state index in [1.807, 2.05) is 0 Å². The van der Waals surface area contributed by atoms with Crippen molar-refractivity contribution in [1.29, 1.82) is 0 Å². The average molecular weight is 206 g/mol. The fourth-order valence-corrected chi connectivity index (χ4v) is 1.94. The summed E-state index contributed by atoms with van der Waals surface area (Å²) in [5, 5.41) is 0. The second-order valence-corrected chi connectivity index (χ2v) is 3.95. The molecule has 84 valence electrons. The maximum Gasteiger partial charge on any atom is 0.122 e. The van der Waals surface area contributed by atoms with Crippen LogP contribution < -0.4 is 4.74 Å². The molecule has 1 nitrogen and oxygen atoms in total. The van der Waals surface area contributed by atoms with Crippen molar-refractivity contribution in [2.24, 2.45) is 0 Å². The minimum Gasteiger partial charge on any atom is -0.496 e. The largest absolute Gasteiger partial charge is 0.496 e. The van der Waals surface area contributed by atoms with Crippen LogP contribution in [0.2, 0.25) is 0 Å². The van der Waals surface area contributed by atoms with Gasteiger partial charge in [0.15, 0.2) is 0 Å². The Morgan fingerprint density at radius 2 is 1.87 bits per heavy atom. The lowest BCUT2D eigenvalue weighted by Gasteiger charge is -2.12. The lowest BCUT2D eigenvalue weighted by atomic mass is 9.98. The fourth-order valence-electron chi connectivity index (χ4n) is 1.94. The second kappa shape index (κ2) is 6.49. The van der Waals surface area contributed by atoms with E-state index in [2.05, 4.69) is 32.0 Å². The Balaban J connectivity index is 2.90. The topological polar surface area (TPSA) is 9.23 Å². The van der Waals surface area contributed by atoms with Gasteiger partial charge in [0.05, 0.1) is 7.11 Å². The lowest BCUT2D eigenvalue weighted by molar-refractivity contribution is 0.408. The van der Waals surface area contributed by atoms with E-state index in [1.54, 1.807) is 7.11 Å². The molecular weight excluding hydrogens is 184 g/mol. The van der Waals surface area contributed by atoms with E-state index in [-0.39, 0.29) is 0 Å². The maximum absolute atomic E-state index is 5.42. The number of hydrogen-bond acceptors (Lipinski definition) is 1. The summed E-state index contributed by atoms with van der Waals surface area (Å²) in [6.07, 6.45) is 6.01. The third-order valence-electron chi connectivity index (χ3n) is 2.75. The molecule has 0 saturated carbocycles. The molecule has 1 rings (SSSR count). The first kappa shape index (κ1) is 12.1. The Hall–Kier alpha value is -0.980. The third kappa shape index (κ3) is 3.26. The fraction of sp³-hybridized carbons (Fsp3) is 0.571. The van der Waals surface area contributed by atoms with Crippen LogP contribution in [0, 0.1) is 0 Å². The Morgan fingerprint density at radius 3 is 2.47 bits per heavy atom. The van der Waals surface area contributed by atoms with Gasteiger partial charge in [0.1, 0.15) is 5.75 Å². The van der Waals surface area contributed by atoms with Crippen molar-refractivity contribution in [2.75, 3.05) is 7.11 Å². The first-order chi connectivity index (χ1) is 7.33. The monoisotopic (exact) mass is 206 g/mol. The van der Waals surface area contributed by atoms with Crippen molar-refractivity contribution in [1.82, 2.24) is 0 Å². The molecule has 0 aliphatic rings. The molecular formula is C14H22O. The number of benzene rings is 1. The van der Waals surface area contributed by atoms with Gasteiger partial charge < -0.3 is 4.74 Å². The van der Waals surface area contributed by atoms with E-state index in [9.17, 15) is 0 Å². The van der Waals surface area contributed by atoms with Gasteiger partial charge in [0.25, 0.3) is 0 Å². The summed E-state index contributed by atoms with van der Waals surface area (Å²) in [4.78, 5) is 0. The summed E-state index contributed by atoms with van der Waals surface area (Å²) in [5.41, 5.74) is 2.88. The van der Waals surface area contributed by atoms with E-state index in [1.165, 1.54) is 36.8 Å². The molecule has 0 aliphatic heterocycles. The van der Waals surface area contributed by atoms with Crippen LogP contribution in [-0.2, 0) is 12.8 Å². The number of ether oxygens (including phenoxy) is 1. The van der Waals surface area contributed by atoms with Gasteiger partial charge >= 0.3 is 0 Å². The molecule has 0 aliphatic carbocycles. The van der Waals surface area contributed by atoms with Crippen LogP contribution in [0.4, 0.5) is 0 Å². The summed E-state index contributed by atoms with van der Waals surface area (Å²) >= 11 is 0. The van der Waals surface area contributed by atoms with Gasteiger partial charge in [0.2, 0.25) is 0 Å². The number of unbranched alkanes of at least 4 members (excludes halogenated alkanes) is 1. The molecule has 0 fully saturated rings. The van der Waals surface area contributed by atoms with E-state index in [0.717, 1.165) is 12.2 Å². The SMILES string of the molecule is CCCCc1cccc(OC)c1CCC. The third-order valence-corrected chi connectivity index (χ3v) is 2.75. The normalized spacial score (nSPS) is 10.3. The molecule has 0 unspecified atom stereocenters. The van der Waals surface area contributed by atoms with Crippen LogP contribution in [0.25, 0.3) is 0 Å². The quantitative estimate of drug-likeness (QED) is 0.684. The zero-order valence-corrected chi connectivity index (χ0v) is 10.2. The molecule has 0 aromatic heterocycles. The van der Waals surface area contributed by atoms with Crippen LogP contribution in [0.5, 0.6) is 5.75 Å².